The Kier molecular flexibility index (Phi) is 10.5. The van der Waals surface area contributed by atoms with Crippen LogP contribution in [0.1, 0.15) is 50.2 Å². The second-order valence-electron chi connectivity index (χ2n) is 10.7. The van der Waals surface area contributed by atoms with Crippen LogP contribution >= 0.6 is 11.6 Å². The van der Waals surface area contributed by atoms with Gasteiger partial charge in [0.2, 0.25) is 11.8 Å². The first-order valence-corrected chi connectivity index (χ1v) is 16.0. The molecule has 10 heteroatoms. The molecule has 8 nitrogen and oxygen atoms in total. The smallest absolute Gasteiger partial charge is 0.264 e. The molecule has 0 heterocycles. The Balaban J connectivity index is 1.70. The number of amides is 2. The highest BCUT2D eigenvalue weighted by atomic mass is 35.5. The topological polar surface area (TPSA) is 96.0 Å². The van der Waals surface area contributed by atoms with Crippen LogP contribution < -0.4 is 14.4 Å². The van der Waals surface area contributed by atoms with E-state index in [0.29, 0.717) is 10.8 Å². The zero-order chi connectivity index (χ0) is 30.3. The lowest BCUT2D eigenvalue weighted by Gasteiger charge is -2.33. The average Bonchev–Trinajstić information content (AvgIpc) is 2.99. The van der Waals surface area contributed by atoms with Crippen molar-refractivity contribution < 1.29 is 22.7 Å². The minimum Gasteiger partial charge on any atom is -0.495 e. The summed E-state index contributed by atoms with van der Waals surface area (Å²) in [5.74, 6) is -0.499. The number of anilines is 1. The lowest BCUT2D eigenvalue weighted by molar-refractivity contribution is -0.139. The van der Waals surface area contributed by atoms with Crippen molar-refractivity contribution in [3.05, 3.63) is 88.9 Å². The molecule has 1 atom stereocenters. The van der Waals surface area contributed by atoms with Crippen molar-refractivity contribution in [2.45, 2.75) is 69.5 Å². The number of nitrogens with zero attached hydrogens (tertiary/aromatic N) is 2. The molecule has 1 fully saturated rings. The highest BCUT2D eigenvalue weighted by Gasteiger charge is 2.34. The van der Waals surface area contributed by atoms with Crippen molar-refractivity contribution in [3.63, 3.8) is 0 Å². The lowest BCUT2D eigenvalue weighted by Crippen LogP contribution is -2.53. The van der Waals surface area contributed by atoms with Gasteiger partial charge in [-0.15, -0.1) is 0 Å². The van der Waals surface area contributed by atoms with E-state index >= 15 is 0 Å². The van der Waals surface area contributed by atoms with E-state index in [9.17, 15) is 18.0 Å². The molecule has 0 bridgehead atoms. The molecular formula is C32H38ClN3O5S. The van der Waals surface area contributed by atoms with Crippen LogP contribution in [0.2, 0.25) is 5.02 Å². The van der Waals surface area contributed by atoms with Crippen molar-refractivity contribution in [1.29, 1.82) is 0 Å². The Morgan fingerprint density at radius 3 is 2.26 bits per heavy atom. The number of sulfonamides is 1. The van der Waals surface area contributed by atoms with E-state index in [1.807, 2.05) is 6.92 Å². The number of carbonyl (C=O) groups excluding carboxylic acids is 2. The normalized spacial score (nSPS) is 14.6. The maximum absolute atomic E-state index is 14.1. The minimum atomic E-state index is -4.19. The zero-order valence-electron chi connectivity index (χ0n) is 24.3. The van der Waals surface area contributed by atoms with Gasteiger partial charge in [-0.25, -0.2) is 8.42 Å². The third-order valence-electron chi connectivity index (χ3n) is 7.63. The van der Waals surface area contributed by atoms with Crippen molar-refractivity contribution in [2.75, 3.05) is 18.0 Å². The molecule has 0 spiro atoms. The summed E-state index contributed by atoms with van der Waals surface area (Å²) in [5.41, 5.74) is 1.88. The molecule has 3 aromatic rings. The summed E-state index contributed by atoms with van der Waals surface area (Å²) < 4.78 is 34.6. The standard InChI is InChI=1S/C32H38ClN3O5S/c1-23-13-19-28(20-14-23)42(39,40)36(29-11-7-8-12-30(29)41-3)22-31(37)35(21-25-15-17-26(33)18-16-25)24(2)32(38)34-27-9-5-4-6-10-27/h7-8,11-20,24,27H,4-6,9-10,21-22H2,1-3H3,(H,34,38)/t24-/m1/s1. The van der Waals surface area contributed by atoms with E-state index in [-0.39, 0.29) is 29.1 Å². The number of para-hydroxylation sites is 2. The van der Waals surface area contributed by atoms with E-state index in [2.05, 4.69) is 5.32 Å². The highest BCUT2D eigenvalue weighted by molar-refractivity contribution is 7.92. The highest BCUT2D eigenvalue weighted by Crippen LogP contribution is 2.32. The Hall–Kier alpha value is -3.56. The van der Waals surface area contributed by atoms with Crippen LogP contribution in [0, 0.1) is 6.92 Å². The maximum Gasteiger partial charge on any atom is 0.264 e. The maximum atomic E-state index is 14.1. The van der Waals surface area contributed by atoms with Crippen LogP contribution in [-0.2, 0) is 26.2 Å². The first kappa shape index (κ1) is 31.4. The van der Waals surface area contributed by atoms with E-state index in [1.54, 1.807) is 67.6 Å². The number of hydrogen-bond donors (Lipinski definition) is 1. The molecule has 0 unspecified atom stereocenters. The SMILES string of the molecule is COc1ccccc1N(CC(=O)N(Cc1ccc(Cl)cc1)[C@H](C)C(=O)NC1CCCCC1)S(=O)(=O)c1ccc(C)cc1. The largest absolute Gasteiger partial charge is 0.495 e. The minimum absolute atomic E-state index is 0.0409. The molecular weight excluding hydrogens is 574 g/mol. The van der Waals surface area contributed by atoms with Gasteiger partial charge in [0.05, 0.1) is 17.7 Å². The summed E-state index contributed by atoms with van der Waals surface area (Å²) >= 11 is 6.09. The molecule has 2 amide bonds. The van der Waals surface area contributed by atoms with Crippen LogP contribution in [0.4, 0.5) is 5.69 Å². The predicted octanol–water partition coefficient (Wildman–Crippen LogP) is 5.72. The molecule has 0 radical (unpaired) electrons. The van der Waals surface area contributed by atoms with Gasteiger partial charge in [0, 0.05) is 17.6 Å². The third-order valence-corrected chi connectivity index (χ3v) is 9.65. The molecule has 1 aliphatic carbocycles. The van der Waals surface area contributed by atoms with Gasteiger partial charge >= 0.3 is 0 Å². The number of nitrogens with one attached hydrogen (secondary N) is 1. The van der Waals surface area contributed by atoms with Gasteiger partial charge in [-0.3, -0.25) is 13.9 Å². The van der Waals surface area contributed by atoms with Gasteiger partial charge in [-0.1, -0.05) is 72.8 Å². The van der Waals surface area contributed by atoms with Gasteiger partial charge in [-0.2, -0.15) is 0 Å². The number of rotatable bonds is 11. The summed E-state index contributed by atoms with van der Waals surface area (Å²) in [6.07, 6.45) is 5.06. The number of aryl methyl sites for hydroxylation is 1. The first-order chi connectivity index (χ1) is 20.1. The number of ether oxygens (including phenoxy) is 1. The summed E-state index contributed by atoms with van der Waals surface area (Å²) in [6.45, 7) is 3.10. The second-order valence-corrected chi connectivity index (χ2v) is 13.0. The molecule has 224 valence electrons. The first-order valence-electron chi connectivity index (χ1n) is 14.2. The summed E-state index contributed by atoms with van der Waals surface area (Å²) in [6, 6.07) is 19.3. The second kappa shape index (κ2) is 14.1. The molecule has 0 aromatic heterocycles. The molecule has 1 saturated carbocycles. The van der Waals surface area contributed by atoms with Crippen molar-refractivity contribution in [1.82, 2.24) is 10.2 Å². The van der Waals surface area contributed by atoms with Crippen molar-refractivity contribution in [3.8, 4) is 5.75 Å². The number of halogens is 1. The monoisotopic (exact) mass is 611 g/mol. The summed E-state index contributed by atoms with van der Waals surface area (Å²) in [4.78, 5) is 29.0. The van der Waals surface area contributed by atoms with Crippen molar-refractivity contribution in [2.24, 2.45) is 0 Å². The van der Waals surface area contributed by atoms with Gasteiger partial charge in [-0.05, 0) is 68.7 Å². The van der Waals surface area contributed by atoms with Gasteiger partial charge in [0.1, 0.15) is 18.3 Å². The predicted molar refractivity (Wildman–Crippen MR) is 165 cm³/mol. The summed E-state index contributed by atoms with van der Waals surface area (Å²) in [5, 5.41) is 3.66. The fourth-order valence-corrected chi connectivity index (χ4v) is 6.68. The fourth-order valence-electron chi connectivity index (χ4n) is 5.12. The quantitative estimate of drug-likeness (QED) is 0.299. The van der Waals surface area contributed by atoms with Crippen LogP contribution in [0.5, 0.6) is 5.75 Å². The van der Waals surface area contributed by atoms with E-state index < -0.39 is 28.5 Å². The van der Waals surface area contributed by atoms with E-state index in [4.69, 9.17) is 16.3 Å². The zero-order valence-corrected chi connectivity index (χ0v) is 25.8. The molecule has 0 aliphatic heterocycles. The third kappa shape index (κ3) is 7.63. The van der Waals surface area contributed by atoms with Crippen LogP contribution in [0.3, 0.4) is 0 Å². The lowest BCUT2D eigenvalue weighted by atomic mass is 9.95. The van der Waals surface area contributed by atoms with Crippen molar-refractivity contribution >= 4 is 39.1 Å². The molecule has 1 aliphatic rings. The number of hydrogen-bond acceptors (Lipinski definition) is 5. The van der Waals surface area contributed by atoms with Crippen LogP contribution in [-0.4, -0.2) is 50.9 Å². The number of methoxy groups -OCH3 is 1. The van der Waals surface area contributed by atoms with Crippen LogP contribution in [0.15, 0.2) is 77.7 Å². The summed E-state index contributed by atoms with van der Waals surface area (Å²) in [7, 11) is -2.75. The molecule has 0 saturated heterocycles. The average molecular weight is 612 g/mol. The molecule has 4 rings (SSSR count). The Morgan fingerprint density at radius 2 is 1.62 bits per heavy atom. The molecule has 1 N–H and O–H groups in total. The van der Waals surface area contributed by atoms with E-state index in [0.717, 1.165) is 47.5 Å². The number of carbonyl (C=O) groups is 2. The van der Waals surface area contributed by atoms with Crippen LogP contribution in [0.25, 0.3) is 0 Å². The number of benzene rings is 3. The fraction of sp³-hybridized carbons (Fsp3) is 0.375. The Labute approximate surface area is 253 Å². The van der Waals surface area contributed by atoms with Gasteiger partial charge < -0.3 is 15.0 Å². The van der Waals surface area contributed by atoms with Gasteiger partial charge in [0.15, 0.2) is 0 Å². The van der Waals surface area contributed by atoms with E-state index in [1.165, 1.54) is 24.1 Å². The van der Waals surface area contributed by atoms with Gasteiger partial charge in [0.25, 0.3) is 10.0 Å². The Bertz CT molecular complexity index is 1470. The molecule has 42 heavy (non-hydrogen) atoms. The molecule has 3 aromatic carbocycles. The Morgan fingerprint density at radius 1 is 0.976 bits per heavy atom.